The quantitative estimate of drug-likeness (QED) is 0.377. The van der Waals surface area contributed by atoms with Crippen molar-refractivity contribution in [3.8, 4) is 0 Å². The fraction of sp³-hybridized carbons (Fsp3) is 0.200. The van der Waals surface area contributed by atoms with E-state index in [0.717, 1.165) is 31.4 Å². The van der Waals surface area contributed by atoms with Crippen molar-refractivity contribution in [2.45, 2.75) is 6.18 Å². The number of benzene rings is 1. The highest BCUT2D eigenvalue weighted by Crippen LogP contribution is 2.22. The summed E-state index contributed by atoms with van der Waals surface area (Å²) in [6.07, 6.45) is -4.76. The topological polar surface area (TPSA) is 58.9 Å². The number of oxime groups is 1. The van der Waals surface area contributed by atoms with Crippen LogP contribution in [0.5, 0.6) is 0 Å². The van der Waals surface area contributed by atoms with Crippen molar-refractivity contribution in [1.82, 2.24) is 0 Å². The van der Waals surface area contributed by atoms with Gasteiger partial charge >= 0.3 is 12.1 Å². The van der Waals surface area contributed by atoms with Crippen molar-refractivity contribution in [2.24, 2.45) is 5.16 Å². The van der Waals surface area contributed by atoms with Crippen molar-refractivity contribution in [3.63, 3.8) is 0 Å². The third-order valence-corrected chi connectivity index (χ3v) is 1.95. The van der Waals surface area contributed by atoms with E-state index >= 15 is 0 Å². The van der Waals surface area contributed by atoms with Crippen LogP contribution in [0.1, 0.15) is 15.9 Å². The molecule has 0 bridgehead atoms. The first-order valence-corrected chi connectivity index (χ1v) is 4.38. The van der Waals surface area contributed by atoms with Crippen LogP contribution in [0.15, 0.2) is 29.4 Å². The van der Waals surface area contributed by atoms with E-state index in [2.05, 4.69) is 9.89 Å². The Bertz CT molecular complexity index is 437. The van der Waals surface area contributed by atoms with E-state index in [-0.39, 0.29) is 11.1 Å². The van der Waals surface area contributed by atoms with Gasteiger partial charge in [-0.25, -0.2) is 4.79 Å². The lowest BCUT2D eigenvalue weighted by atomic mass is 10.1. The van der Waals surface area contributed by atoms with Crippen LogP contribution in [0, 0.1) is 0 Å². The van der Waals surface area contributed by atoms with Gasteiger partial charge in [-0.3, -0.25) is 0 Å². The zero-order valence-corrected chi connectivity index (χ0v) is 8.65. The van der Waals surface area contributed by atoms with Gasteiger partial charge in [0.15, 0.2) is 5.71 Å². The standard InChI is InChI=1S/C10H8F3NO3/c1-17-9(15)7-4-2-6(3-5-7)8(14-16)10(11,12)13/h2-5,16H,1H3/b14-8+. The zero-order valence-electron chi connectivity index (χ0n) is 8.65. The van der Waals surface area contributed by atoms with Gasteiger partial charge in [0.1, 0.15) is 0 Å². The lowest BCUT2D eigenvalue weighted by Crippen LogP contribution is -2.24. The number of nitrogens with zero attached hydrogens (tertiary/aromatic N) is 1. The second-order valence-electron chi connectivity index (χ2n) is 3.02. The molecule has 0 heterocycles. The highest BCUT2D eigenvalue weighted by atomic mass is 19.4. The maximum absolute atomic E-state index is 12.3. The Hall–Kier alpha value is -2.05. The molecule has 1 aromatic rings. The molecule has 0 amide bonds. The van der Waals surface area contributed by atoms with Gasteiger partial charge < -0.3 is 9.94 Å². The van der Waals surface area contributed by atoms with E-state index in [1.807, 2.05) is 0 Å². The van der Waals surface area contributed by atoms with E-state index in [4.69, 9.17) is 5.21 Å². The Morgan fingerprint density at radius 1 is 1.24 bits per heavy atom. The molecular formula is C10H8F3NO3. The van der Waals surface area contributed by atoms with E-state index in [0.29, 0.717) is 0 Å². The largest absolute Gasteiger partial charge is 0.465 e. The summed E-state index contributed by atoms with van der Waals surface area (Å²) in [5.74, 6) is -0.661. The van der Waals surface area contributed by atoms with E-state index < -0.39 is 17.9 Å². The number of esters is 1. The molecule has 92 valence electrons. The summed E-state index contributed by atoms with van der Waals surface area (Å²) in [6.45, 7) is 0. The molecule has 4 nitrogen and oxygen atoms in total. The minimum Gasteiger partial charge on any atom is -0.465 e. The molecule has 0 fully saturated rings. The van der Waals surface area contributed by atoms with Gasteiger partial charge in [0.25, 0.3) is 0 Å². The predicted molar refractivity (Wildman–Crippen MR) is 52.2 cm³/mol. The Morgan fingerprint density at radius 2 is 1.71 bits per heavy atom. The van der Waals surface area contributed by atoms with Crippen LogP contribution in [0.25, 0.3) is 0 Å². The van der Waals surface area contributed by atoms with Crippen LogP contribution >= 0.6 is 0 Å². The van der Waals surface area contributed by atoms with Crippen molar-refractivity contribution < 1.29 is 27.9 Å². The van der Waals surface area contributed by atoms with Crippen molar-refractivity contribution in [3.05, 3.63) is 35.4 Å². The smallest absolute Gasteiger partial charge is 0.437 e. The van der Waals surface area contributed by atoms with Crippen LogP contribution < -0.4 is 0 Å². The molecule has 0 atom stereocenters. The SMILES string of the molecule is COC(=O)c1ccc(/C(=N\O)C(F)(F)F)cc1. The third kappa shape index (κ3) is 2.96. The highest BCUT2D eigenvalue weighted by molar-refractivity contribution is 6.04. The fourth-order valence-corrected chi connectivity index (χ4v) is 1.16. The van der Waals surface area contributed by atoms with Gasteiger partial charge in [0.05, 0.1) is 12.7 Å². The molecule has 0 radical (unpaired) electrons. The number of hydrogen-bond donors (Lipinski definition) is 1. The van der Waals surface area contributed by atoms with E-state index in [9.17, 15) is 18.0 Å². The molecule has 0 aliphatic rings. The van der Waals surface area contributed by atoms with Gasteiger partial charge in [-0.15, -0.1) is 0 Å². The Labute approximate surface area is 94.3 Å². The van der Waals surface area contributed by atoms with Gasteiger partial charge in [0, 0.05) is 5.56 Å². The molecule has 0 saturated carbocycles. The Morgan fingerprint density at radius 3 is 2.06 bits per heavy atom. The van der Waals surface area contributed by atoms with E-state index in [1.165, 1.54) is 0 Å². The van der Waals surface area contributed by atoms with Crippen LogP contribution in [0.4, 0.5) is 13.2 Å². The average molecular weight is 247 g/mol. The van der Waals surface area contributed by atoms with Crippen LogP contribution in [0.2, 0.25) is 0 Å². The summed E-state index contributed by atoms with van der Waals surface area (Å²) in [4.78, 5) is 11.0. The van der Waals surface area contributed by atoms with Crippen molar-refractivity contribution in [2.75, 3.05) is 7.11 Å². The molecule has 1 rings (SSSR count). The minimum absolute atomic E-state index is 0.107. The summed E-state index contributed by atoms with van der Waals surface area (Å²) in [7, 11) is 1.16. The lowest BCUT2D eigenvalue weighted by Gasteiger charge is -2.08. The summed E-state index contributed by atoms with van der Waals surface area (Å²) in [6, 6.07) is 4.35. The van der Waals surface area contributed by atoms with Gasteiger partial charge in [0.2, 0.25) is 0 Å². The van der Waals surface area contributed by atoms with Crippen LogP contribution in [-0.2, 0) is 4.74 Å². The summed E-state index contributed by atoms with van der Waals surface area (Å²) in [5, 5.41) is 10.5. The molecule has 7 heteroatoms. The first-order chi connectivity index (χ1) is 7.90. The number of rotatable bonds is 2. The second-order valence-corrected chi connectivity index (χ2v) is 3.02. The number of ether oxygens (including phenoxy) is 1. The molecule has 0 saturated heterocycles. The zero-order chi connectivity index (χ0) is 13.1. The average Bonchev–Trinajstić information content (AvgIpc) is 2.28. The monoisotopic (exact) mass is 247 g/mol. The molecule has 0 aromatic heterocycles. The molecule has 1 N–H and O–H groups in total. The Balaban J connectivity index is 3.06. The van der Waals surface area contributed by atoms with Gasteiger partial charge in [-0.2, -0.15) is 13.2 Å². The second kappa shape index (κ2) is 4.86. The number of hydrogen-bond acceptors (Lipinski definition) is 4. The summed E-state index contributed by atoms with van der Waals surface area (Å²) >= 11 is 0. The maximum Gasteiger partial charge on any atom is 0.437 e. The minimum atomic E-state index is -4.76. The molecule has 0 aliphatic heterocycles. The van der Waals surface area contributed by atoms with Crippen molar-refractivity contribution >= 4 is 11.7 Å². The Kier molecular flexibility index (Phi) is 3.72. The maximum atomic E-state index is 12.3. The van der Waals surface area contributed by atoms with Gasteiger partial charge in [-0.05, 0) is 12.1 Å². The highest BCUT2D eigenvalue weighted by Gasteiger charge is 2.37. The molecule has 0 unspecified atom stereocenters. The number of carbonyl (C=O) groups excluding carboxylic acids is 1. The lowest BCUT2D eigenvalue weighted by molar-refractivity contribution is -0.0601. The predicted octanol–water partition coefficient (Wildman–Crippen LogP) is 2.21. The molecule has 0 aliphatic carbocycles. The number of halogens is 3. The number of alkyl halides is 3. The normalized spacial score (nSPS) is 12.4. The fourth-order valence-electron chi connectivity index (χ4n) is 1.16. The molecular weight excluding hydrogens is 239 g/mol. The third-order valence-electron chi connectivity index (χ3n) is 1.95. The van der Waals surface area contributed by atoms with Crippen molar-refractivity contribution in [1.29, 1.82) is 0 Å². The number of methoxy groups -OCH3 is 1. The first-order valence-electron chi connectivity index (χ1n) is 4.38. The molecule has 17 heavy (non-hydrogen) atoms. The molecule has 0 spiro atoms. The molecule has 1 aromatic carbocycles. The van der Waals surface area contributed by atoms with Crippen LogP contribution in [0.3, 0.4) is 0 Å². The summed E-state index contributed by atoms with van der Waals surface area (Å²) < 4.78 is 41.4. The van der Waals surface area contributed by atoms with E-state index in [1.54, 1.807) is 0 Å². The number of carbonyl (C=O) groups is 1. The van der Waals surface area contributed by atoms with Crippen LogP contribution in [-0.4, -0.2) is 30.2 Å². The first kappa shape index (κ1) is 13.0. The summed E-state index contributed by atoms with van der Waals surface area (Å²) in [5.41, 5.74) is -1.66. The van der Waals surface area contributed by atoms with Gasteiger partial charge in [-0.1, -0.05) is 17.3 Å².